The first-order valence-corrected chi connectivity index (χ1v) is 9.82. The summed E-state index contributed by atoms with van der Waals surface area (Å²) in [5.74, 6) is 0.154. The molecule has 0 fully saturated rings. The molecule has 0 bridgehead atoms. The maximum atomic E-state index is 14.0. The molecule has 0 aromatic heterocycles. The molecule has 0 amide bonds. The normalized spacial score (nSPS) is 14.7. The van der Waals surface area contributed by atoms with E-state index in [9.17, 15) is 4.79 Å². The summed E-state index contributed by atoms with van der Waals surface area (Å²) >= 11 is 3.68. The van der Waals surface area contributed by atoms with E-state index in [-0.39, 0.29) is 5.78 Å². The SMILES string of the molecule is Cc1cc2c3c(cc(Br)cc3c1)C(c1ccccc1)(c1ccccc1)C2=O. The second-order valence-corrected chi connectivity index (χ2v) is 8.09. The maximum absolute atomic E-state index is 14.0. The number of carbonyl (C=O) groups is 1. The van der Waals surface area contributed by atoms with Gasteiger partial charge in [-0.15, -0.1) is 0 Å². The van der Waals surface area contributed by atoms with E-state index in [1.54, 1.807) is 0 Å². The molecule has 0 saturated heterocycles. The molecular weight excluding hydrogens is 396 g/mol. The van der Waals surface area contributed by atoms with Crippen LogP contribution in [0.1, 0.15) is 32.6 Å². The standard InChI is InChI=1S/C25H17BrO/c1-16-12-17-14-20(26)15-22-23(17)21(13-16)24(27)25(22,18-8-4-2-5-9-18)19-10-6-3-7-11-19/h2-15H,1H3. The average Bonchev–Trinajstić information content (AvgIpc) is 2.92. The molecule has 0 unspecified atom stereocenters. The van der Waals surface area contributed by atoms with Gasteiger partial charge in [0.1, 0.15) is 5.41 Å². The van der Waals surface area contributed by atoms with E-state index >= 15 is 0 Å². The van der Waals surface area contributed by atoms with Gasteiger partial charge < -0.3 is 0 Å². The topological polar surface area (TPSA) is 17.1 Å². The lowest BCUT2D eigenvalue weighted by atomic mass is 9.69. The molecule has 0 aliphatic heterocycles. The van der Waals surface area contributed by atoms with Gasteiger partial charge in [0, 0.05) is 10.0 Å². The van der Waals surface area contributed by atoms with Gasteiger partial charge in [0.05, 0.1) is 0 Å². The minimum absolute atomic E-state index is 0.154. The Labute approximate surface area is 166 Å². The van der Waals surface area contributed by atoms with Crippen LogP contribution in [-0.2, 0) is 5.41 Å². The summed E-state index contributed by atoms with van der Waals surface area (Å²) in [7, 11) is 0. The van der Waals surface area contributed by atoms with Gasteiger partial charge in [-0.25, -0.2) is 0 Å². The monoisotopic (exact) mass is 412 g/mol. The van der Waals surface area contributed by atoms with Crippen molar-refractivity contribution in [2.24, 2.45) is 0 Å². The Morgan fingerprint density at radius 1 is 0.778 bits per heavy atom. The Morgan fingerprint density at radius 2 is 1.37 bits per heavy atom. The van der Waals surface area contributed by atoms with Gasteiger partial charge in [-0.1, -0.05) is 82.7 Å². The molecule has 0 heterocycles. The predicted octanol–water partition coefficient (Wildman–Crippen LogP) is 6.44. The van der Waals surface area contributed by atoms with E-state index in [4.69, 9.17) is 0 Å². The third kappa shape index (κ3) is 2.20. The van der Waals surface area contributed by atoms with Crippen molar-refractivity contribution in [3.05, 3.63) is 117 Å². The minimum Gasteiger partial charge on any atom is -0.292 e. The number of halogens is 1. The first-order valence-electron chi connectivity index (χ1n) is 9.02. The molecule has 4 aromatic carbocycles. The first-order chi connectivity index (χ1) is 13.1. The Morgan fingerprint density at radius 3 is 1.96 bits per heavy atom. The smallest absolute Gasteiger partial charge is 0.182 e. The highest BCUT2D eigenvalue weighted by atomic mass is 79.9. The summed E-state index contributed by atoms with van der Waals surface area (Å²) < 4.78 is 0.993. The van der Waals surface area contributed by atoms with Crippen LogP contribution < -0.4 is 0 Å². The molecule has 0 saturated carbocycles. The first kappa shape index (κ1) is 16.5. The number of benzene rings is 4. The zero-order chi connectivity index (χ0) is 18.6. The fourth-order valence-electron chi connectivity index (χ4n) is 4.54. The highest BCUT2D eigenvalue weighted by Crippen LogP contribution is 2.51. The zero-order valence-electron chi connectivity index (χ0n) is 14.9. The van der Waals surface area contributed by atoms with Crippen LogP contribution in [0.2, 0.25) is 0 Å². The molecule has 0 radical (unpaired) electrons. The van der Waals surface area contributed by atoms with Crippen LogP contribution in [0, 0.1) is 6.92 Å². The molecule has 5 rings (SSSR count). The van der Waals surface area contributed by atoms with E-state index in [0.717, 1.165) is 43.1 Å². The number of hydrogen-bond donors (Lipinski definition) is 0. The van der Waals surface area contributed by atoms with E-state index in [1.165, 1.54) is 0 Å². The molecule has 0 spiro atoms. The number of carbonyl (C=O) groups excluding carboxylic acids is 1. The van der Waals surface area contributed by atoms with Gasteiger partial charge in [0.2, 0.25) is 0 Å². The Balaban J connectivity index is 1.99. The fourth-order valence-corrected chi connectivity index (χ4v) is 5.02. The summed E-state index contributed by atoms with van der Waals surface area (Å²) in [6.07, 6.45) is 0. The van der Waals surface area contributed by atoms with Crippen molar-refractivity contribution in [2.75, 3.05) is 0 Å². The number of rotatable bonds is 2. The van der Waals surface area contributed by atoms with Crippen molar-refractivity contribution in [1.29, 1.82) is 0 Å². The van der Waals surface area contributed by atoms with Gasteiger partial charge in [-0.05, 0) is 58.1 Å². The van der Waals surface area contributed by atoms with E-state index in [2.05, 4.69) is 65.3 Å². The fraction of sp³-hybridized carbons (Fsp3) is 0.0800. The highest BCUT2D eigenvalue weighted by molar-refractivity contribution is 9.10. The molecule has 1 aliphatic rings. The summed E-state index contributed by atoms with van der Waals surface area (Å²) in [5.41, 5.74) is 4.18. The number of Topliss-reactive ketones (excluding diaryl/α,β-unsaturated/α-hetero) is 1. The second kappa shape index (κ2) is 5.90. The molecule has 27 heavy (non-hydrogen) atoms. The maximum Gasteiger partial charge on any atom is 0.182 e. The molecule has 0 atom stereocenters. The molecule has 0 N–H and O–H groups in total. The molecule has 1 aliphatic carbocycles. The summed E-state index contributed by atoms with van der Waals surface area (Å²) in [4.78, 5) is 14.0. The van der Waals surface area contributed by atoms with Crippen LogP contribution in [0.5, 0.6) is 0 Å². The van der Waals surface area contributed by atoms with Crippen molar-refractivity contribution >= 4 is 32.5 Å². The van der Waals surface area contributed by atoms with Gasteiger partial charge in [-0.2, -0.15) is 0 Å². The summed E-state index contributed by atoms with van der Waals surface area (Å²) in [6.45, 7) is 2.05. The third-order valence-corrected chi connectivity index (χ3v) is 6.02. The van der Waals surface area contributed by atoms with Crippen LogP contribution in [0.4, 0.5) is 0 Å². The van der Waals surface area contributed by atoms with Gasteiger partial charge in [0.25, 0.3) is 0 Å². The van der Waals surface area contributed by atoms with Crippen LogP contribution in [0.3, 0.4) is 0 Å². The minimum atomic E-state index is -0.819. The molecule has 4 aromatic rings. The highest BCUT2D eigenvalue weighted by Gasteiger charge is 2.50. The van der Waals surface area contributed by atoms with Crippen molar-refractivity contribution in [3.63, 3.8) is 0 Å². The number of aryl methyl sites for hydroxylation is 1. The molecular formula is C25H17BrO. The van der Waals surface area contributed by atoms with Crippen LogP contribution in [0.25, 0.3) is 10.8 Å². The van der Waals surface area contributed by atoms with Crippen LogP contribution in [0.15, 0.2) is 89.4 Å². The van der Waals surface area contributed by atoms with Crippen molar-refractivity contribution in [3.8, 4) is 0 Å². The van der Waals surface area contributed by atoms with Gasteiger partial charge in [-0.3, -0.25) is 4.79 Å². The summed E-state index contributed by atoms with van der Waals surface area (Å²) in [6, 6.07) is 28.7. The lowest BCUT2D eigenvalue weighted by molar-refractivity contribution is 0.0945. The third-order valence-electron chi connectivity index (χ3n) is 5.56. The molecule has 130 valence electrons. The predicted molar refractivity (Wildman–Crippen MR) is 113 cm³/mol. The van der Waals surface area contributed by atoms with Gasteiger partial charge in [0.15, 0.2) is 5.78 Å². The largest absolute Gasteiger partial charge is 0.292 e. The zero-order valence-corrected chi connectivity index (χ0v) is 16.5. The van der Waals surface area contributed by atoms with Crippen molar-refractivity contribution in [2.45, 2.75) is 12.3 Å². The lowest BCUT2D eigenvalue weighted by Gasteiger charge is -2.30. The second-order valence-electron chi connectivity index (χ2n) is 7.18. The van der Waals surface area contributed by atoms with Crippen molar-refractivity contribution in [1.82, 2.24) is 0 Å². The average molecular weight is 413 g/mol. The molecule has 2 heteroatoms. The van der Waals surface area contributed by atoms with E-state index < -0.39 is 5.41 Å². The van der Waals surface area contributed by atoms with Crippen molar-refractivity contribution < 1.29 is 4.79 Å². The number of hydrogen-bond acceptors (Lipinski definition) is 1. The Kier molecular flexibility index (Phi) is 3.60. The lowest BCUT2D eigenvalue weighted by Crippen LogP contribution is -2.35. The van der Waals surface area contributed by atoms with Gasteiger partial charge >= 0.3 is 0 Å². The quantitative estimate of drug-likeness (QED) is 0.370. The Hall–Kier alpha value is -2.71. The molecule has 1 nitrogen and oxygen atoms in total. The van der Waals surface area contributed by atoms with E-state index in [1.807, 2.05) is 42.5 Å². The van der Waals surface area contributed by atoms with Crippen LogP contribution in [-0.4, -0.2) is 5.78 Å². The van der Waals surface area contributed by atoms with Crippen LogP contribution >= 0.6 is 15.9 Å². The number of ketones is 1. The Bertz CT molecular complexity index is 1150. The summed E-state index contributed by atoms with van der Waals surface area (Å²) in [5, 5.41) is 2.18. The van der Waals surface area contributed by atoms with E-state index in [0.29, 0.717) is 0 Å².